The average molecular weight is 1460 g/mol. The van der Waals surface area contributed by atoms with E-state index in [-0.39, 0.29) is 101 Å². The molecule has 12 nitrogen and oxygen atoms in total. The molecule has 8 aromatic carbocycles. The molecule has 0 bridgehead atoms. The summed E-state index contributed by atoms with van der Waals surface area (Å²) in [5.41, 5.74) is 11.2. The quantitative estimate of drug-likeness (QED) is 0.0682. The van der Waals surface area contributed by atoms with E-state index >= 15 is 0 Å². The molecule has 5 fully saturated rings. The fourth-order valence-corrected chi connectivity index (χ4v) is 14.0. The minimum absolute atomic E-state index is 0. The summed E-state index contributed by atoms with van der Waals surface area (Å²) in [5, 5.41) is 13.4. The SMILES string of the molecule is CCOC(=O)Cc1coc2ccc3cc(Br)ccc3c12.CCOC(=O)Cc1coc2ccc3cc(C4CC4)ccc3c12.O=C1CCC(c2coc3ccc4cc(C5CC5)ccc4c23)C(=O)C1.O=C1CCC(c2coc3ccc4cc(C5CC5)ccc4c23)C(=O)C1.[CH3-].[W]. The molecule has 0 aliphatic heterocycles. The van der Waals surface area contributed by atoms with Gasteiger partial charge in [0.15, 0.2) is 0 Å². The van der Waals surface area contributed by atoms with Gasteiger partial charge < -0.3 is 34.6 Å². The van der Waals surface area contributed by atoms with Gasteiger partial charge in [0.1, 0.15) is 45.5 Å². The van der Waals surface area contributed by atoms with E-state index in [1.807, 2.05) is 49.4 Å². The molecule has 4 heterocycles. The van der Waals surface area contributed by atoms with E-state index in [2.05, 4.69) is 94.8 Å². The predicted octanol–water partition coefficient (Wildman–Crippen LogP) is 19.2. The Balaban J connectivity index is 0.000000118. The summed E-state index contributed by atoms with van der Waals surface area (Å²) in [5.74, 6) is 1.49. The Kier molecular flexibility index (Phi) is 18.8. The zero-order chi connectivity index (χ0) is 61.7. The van der Waals surface area contributed by atoms with Crippen molar-refractivity contribution in [1.29, 1.82) is 0 Å². The van der Waals surface area contributed by atoms with Crippen LogP contribution in [-0.4, -0.2) is 48.3 Å². The van der Waals surface area contributed by atoms with Gasteiger partial charge in [-0.2, -0.15) is 0 Å². The second kappa shape index (κ2) is 27.1. The van der Waals surface area contributed by atoms with Crippen LogP contribution in [0.1, 0.15) is 159 Å². The number of ether oxygens (including phenoxy) is 2. The van der Waals surface area contributed by atoms with Gasteiger partial charge in [-0.1, -0.05) is 101 Å². The van der Waals surface area contributed by atoms with Crippen molar-refractivity contribution in [3.63, 3.8) is 0 Å². The minimum Gasteiger partial charge on any atom is -0.466 e. The zero-order valence-corrected chi connectivity index (χ0v) is 56.3. The van der Waals surface area contributed by atoms with Crippen LogP contribution in [0.2, 0.25) is 0 Å². The maximum atomic E-state index is 12.4. The molecule has 0 radical (unpaired) electrons. The average Bonchev–Trinajstić information content (AvgIpc) is 1.57. The predicted molar refractivity (Wildman–Crippen MR) is 359 cm³/mol. The molecule has 12 aromatic rings. The van der Waals surface area contributed by atoms with Gasteiger partial charge in [0.25, 0.3) is 0 Å². The Morgan fingerprint density at radius 1 is 0.435 bits per heavy atom. The molecule has 5 saturated carbocycles. The Labute approximate surface area is 555 Å². The van der Waals surface area contributed by atoms with E-state index in [1.165, 1.54) is 71.4 Å². The van der Waals surface area contributed by atoms with Crippen molar-refractivity contribution >= 4 is 138 Å². The maximum absolute atomic E-state index is 12.4. The van der Waals surface area contributed by atoms with Crippen molar-refractivity contribution in [3.05, 3.63) is 197 Å². The van der Waals surface area contributed by atoms with Crippen molar-refractivity contribution in [1.82, 2.24) is 0 Å². The Hall–Kier alpha value is -8.25. The van der Waals surface area contributed by atoms with Gasteiger partial charge in [0.05, 0.1) is 63.9 Å². The number of rotatable bonds is 11. The number of fused-ring (bicyclic) bond motifs is 12. The van der Waals surface area contributed by atoms with E-state index in [9.17, 15) is 28.8 Å². The topological polar surface area (TPSA) is 173 Å². The van der Waals surface area contributed by atoms with Gasteiger partial charge in [0.2, 0.25) is 0 Å². The number of hydrogen-bond donors (Lipinski definition) is 0. The van der Waals surface area contributed by atoms with Gasteiger partial charge in [-0.3, -0.25) is 28.8 Å². The van der Waals surface area contributed by atoms with E-state index in [1.54, 1.807) is 32.0 Å². The van der Waals surface area contributed by atoms with Crippen LogP contribution in [0, 0.1) is 7.43 Å². The summed E-state index contributed by atoms with van der Waals surface area (Å²) in [6.07, 6.45) is 17.3. The van der Waals surface area contributed by atoms with Crippen LogP contribution in [0.25, 0.3) is 87.0 Å². The first-order valence-electron chi connectivity index (χ1n) is 31.6. The van der Waals surface area contributed by atoms with Crippen molar-refractivity contribution < 1.29 is 77.0 Å². The molecular formula is C78H70BrO12W-. The molecule has 468 valence electrons. The van der Waals surface area contributed by atoms with Crippen LogP contribution in [0.5, 0.6) is 0 Å². The van der Waals surface area contributed by atoms with Gasteiger partial charge in [0, 0.05) is 94.0 Å². The summed E-state index contributed by atoms with van der Waals surface area (Å²) in [6.45, 7) is 4.42. The number of carbonyl (C=O) groups excluding carboxylic acids is 6. The molecule has 14 heteroatoms. The Bertz CT molecular complexity index is 4690. The van der Waals surface area contributed by atoms with Crippen molar-refractivity contribution in [3.8, 4) is 0 Å². The van der Waals surface area contributed by atoms with Crippen molar-refractivity contribution in [2.45, 2.75) is 133 Å². The van der Waals surface area contributed by atoms with Gasteiger partial charge >= 0.3 is 11.9 Å². The molecule has 17 rings (SSSR count). The molecule has 0 N–H and O–H groups in total. The molecule has 92 heavy (non-hydrogen) atoms. The fraction of sp³-hybridized carbons (Fsp3) is 0.295. The number of esters is 2. The van der Waals surface area contributed by atoms with E-state index in [4.69, 9.17) is 27.1 Å². The molecule has 0 amide bonds. The summed E-state index contributed by atoms with van der Waals surface area (Å²) < 4.78 is 33.7. The third kappa shape index (κ3) is 13.2. The van der Waals surface area contributed by atoms with Crippen LogP contribution in [0.4, 0.5) is 0 Å². The summed E-state index contributed by atoms with van der Waals surface area (Å²) in [7, 11) is 0. The van der Waals surface area contributed by atoms with Crippen LogP contribution in [0.15, 0.2) is 169 Å². The number of ketones is 4. The summed E-state index contributed by atoms with van der Waals surface area (Å²) in [6, 6.07) is 42.2. The number of furan rings is 4. The monoisotopic (exact) mass is 1460 g/mol. The third-order valence-electron chi connectivity index (χ3n) is 18.6. The standard InChI is InChI=1S/2C21H18O3.C19H18O3.C16H13BrO3.CH3.W/c2*22-15-5-7-17(19(23)10-15)18-11-24-20-8-4-14-9-13(12-1-2-12)3-6-16(14)21(18)20;1-2-21-18(20)10-15-11-22-17-8-6-14-9-13(12-3-4-12)5-7-16(14)19(15)17;1-2-19-15(18)8-11-9-20-14-6-3-10-7-12(17)4-5-13(10)16(11)14;;/h2*3-4,6,8-9,11-12,17H,1-2,5,7,10H2;5-9,11-12H,2-4,10H2,1H3;3-7,9H,2,8H2,1H3;1H3;/q;;;;-1;. The molecule has 0 saturated heterocycles. The molecule has 2 unspecified atom stereocenters. The fourth-order valence-electron chi connectivity index (χ4n) is 13.6. The maximum Gasteiger partial charge on any atom is 0.310 e. The van der Waals surface area contributed by atoms with Crippen LogP contribution in [0.3, 0.4) is 0 Å². The first-order valence-corrected chi connectivity index (χ1v) is 32.4. The van der Waals surface area contributed by atoms with Gasteiger partial charge in [-0.15, -0.1) is 0 Å². The Morgan fingerprint density at radius 3 is 1.13 bits per heavy atom. The van der Waals surface area contributed by atoms with Crippen LogP contribution >= 0.6 is 15.9 Å². The first-order chi connectivity index (χ1) is 43.9. The van der Waals surface area contributed by atoms with Gasteiger partial charge in [-0.25, -0.2) is 0 Å². The Morgan fingerprint density at radius 2 is 0.772 bits per heavy atom. The number of hydrogen-bond acceptors (Lipinski definition) is 12. The van der Waals surface area contributed by atoms with Gasteiger partial charge in [-0.05, 0) is 179 Å². The third-order valence-corrected chi connectivity index (χ3v) is 19.1. The second-order valence-corrected chi connectivity index (χ2v) is 25.7. The largest absolute Gasteiger partial charge is 0.466 e. The number of Topliss-reactive ketones (excluding diaryl/α,β-unsaturated/α-hetero) is 4. The molecule has 5 aliphatic rings. The van der Waals surface area contributed by atoms with E-state index < -0.39 is 0 Å². The summed E-state index contributed by atoms with van der Waals surface area (Å²) >= 11 is 3.47. The second-order valence-electron chi connectivity index (χ2n) is 24.8. The number of benzene rings is 8. The van der Waals surface area contributed by atoms with Crippen LogP contribution < -0.4 is 0 Å². The molecular weight excluding hydrogens is 1390 g/mol. The minimum atomic E-state index is -0.232. The number of carbonyl (C=O) groups is 6. The molecule has 2 atom stereocenters. The van der Waals surface area contributed by atoms with Crippen LogP contribution in [-0.2, 0) is 72.1 Å². The van der Waals surface area contributed by atoms with E-state index in [0.29, 0.717) is 38.9 Å². The molecule has 5 aliphatic carbocycles. The normalized spacial score (nSPS) is 17.2. The molecule has 4 aromatic heterocycles. The zero-order valence-electron chi connectivity index (χ0n) is 51.7. The smallest absolute Gasteiger partial charge is 0.310 e. The molecule has 0 spiro atoms. The summed E-state index contributed by atoms with van der Waals surface area (Å²) in [4.78, 5) is 71.3. The van der Waals surface area contributed by atoms with E-state index in [0.717, 1.165) is 115 Å². The van der Waals surface area contributed by atoms with Crippen molar-refractivity contribution in [2.75, 3.05) is 13.2 Å². The first kappa shape index (κ1) is 63.9. The number of halogens is 1. The van der Waals surface area contributed by atoms with Crippen molar-refractivity contribution in [2.24, 2.45) is 0 Å².